The lowest BCUT2D eigenvalue weighted by atomic mass is 10.1. The third-order valence-electron chi connectivity index (χ3n) is 3.84. The van der Waals surface area contributed by atoms with Gasteiger partial charge in [-0.2, -0.15) is 4.39 Å². The van der Waals surface area contributed by atoms with E-state index in [0.29, 0.717) is 5.75 Å². The second-order valence-corrected chi connectivity index (χ2v) is 5.42. The number of rotatable bonds is 7. The van der Waals surface area contributed by atoms with Gasteiger partial charge in [0.05, 0.1) is 19.3 Å². The molecule has 8 nitrogen and oxygen atoms in total. The molecule has 26 heavy (non-hydrogen) atoms. The van der Waals surface area contributed by atoms with Gasteiger partial charge in [0.15, 0.2) is 12.3 Å². The van der Waals surface area contributed by atoms with E-state index in [-0.39, 0.29) is 17.8 Å². The molecular formula is C17H19FN4O4. The fourth-order valence-corrected chi connectivity index (χ4v) is 2.29. The first-order valence-electron chi connectivity index (χ1n) is 7.68. The number of para-hydroxylation sites is 1. The minimum Gasteiger partial charge on any atom is -0.496 e. The lowest BCUT2D eigenvalue weighted by Crippen LogP contribution is -2.34. The lowest BCUT2D eigenvalue weighted by Gasteiger charge is -2.26. The summed E-state index contributed by atoms with van der Waals surface area (Å²) in [6.07, 6.45) is 0.771. The number of nitrogens with two attached hydrogens (primary N) is 1. The molecule has 0 saturated carbocycles. The predicted molar refractivity (Wildman–Crippen MR) is 90.2 cm³/mol. The summed E-state index contributed by atoms with van der Waals surface area (Å²) in [4.78, 5) is 32.1. The molecule has 1 unspecified atom stereocenters. The molecule has 0 aliphatic rings. The van der Waals surface area contributed by atoms with Crippen molar-refractivity contribution in [3.63, 3.8) is 0 Å². The molecule has 2 amide bonds. The van der Waals surface area contributed by atoms with Crippen LogP contribution >= 0.6 is 0 Å². The second-order valence-electron chi connectivity index (χ2n) is 5.42. The van der Waals surface area contributed by atoms with Crippen molar-refractivity contribution in [3.05, 3.63) is 47.7 Å². The number of ether oxygens (including phenoxy) is 2. The minimum atomic E-state index is -1.00. The number of hydrogen-bond donors (Lipinski definition) is 1. The van der Waals surface area contributed by atoms with Gasteiger partial charge in [0.1, 0.15) is 5.75 Å². The van der Waals surface area contributed by atoms with E-state index in [2.05, 4.69) is 9.97 Å². The highest BCUT2D eigenvalue weighted by atomic mass is 19.1. The normalized spacial score (nSPS) is 11.5. The maximum absolute atomic E-state index is 13.1. The topological polar surface area (TPSA) is 108 Å². The fourth-order valence-electron chi connectivity index (χ4n) is 2.29. The Bertz CT molecular complexity index is 815. The van der Waals surface area contributed by atoms with Crippen LogP contribution in [0.2, 0.25) is 0 Å². The van der Waals surface area contributed by atoms with E-state index in [1.807, 2.05) is 25.1 Å². The first-order chi connectivity index (χ1) is 12.3. The van der Waals surface area contributed by atoms with Gasteiger partial charge >= 0.3 is 0 Å². The molecule has 1 atom stereocenters. The molecule has 9 heteroatoms. The molecule has 2 aromatic rings. The summed E-state index contributed by atoms with van der Waals surface area (Å²) in [5, 5.41) is 0. The van der Waals surface area contributed by atoms with E-state index < -0.39 is 24.2 Å². The van der Waals surface area contributed by atoms with Crippen molar-refractivity contribution in [1.82, 2.24) is 14.9 Å². The molecule has 0 radical (unpaired) electrons. The number of aromatic nitrogens is 2. The van der Waals surface area contributed by atoms with Gasteiger partial charge in [-0.05, 0) is 13.0 Å². The Morgan fingerprint density at radius 1 is 1.35 bits per heavy atom. The summed E-state index contributed by atoms with van der Waals surface area (Å²) in [5.74, 6) is -2.01. The minimum absolute atomic E-state index is 0.294. The van der Waals surface area contributed by atoms with Crippen molar-refractivity contribution in [2.45, 2.75) is 13.0 Å². The number of carbonyl (C=O) groups is 2. The molecule has 1 aromatic carbocycles. The summed E-state index contributed by atoms with van der Waals surface area (Å²) in [6, 6.07) is 7.03. The number of benzene rings is 1. The zero-order chi connectivity index (χ0) is 19.3. The molecule has 138 valence electrons. The highest BCUT2D eigenvalue weighted by Gasteiger charge is 2.22. The highest BCUT2D eigenvalue weighted by Crippen LogP contribution is 2.28. The number of halogens is 1. The lowest BCUT2D eigenvalue weighted by molar-refractivity contribution is -0.134. The van der Waals surface area contributed by atoms with Gasteiger partial charge in [-0.1, -0.05) is 18.2 Å². The van der Waals surface area contributed by atoms with Crippen molar-refractivity contribution >= 4 is 11.8 Å². The Kier molecular flexibility index (Phi) is 6.05. The van der Waals surface area contributed by atoms with Gasteiger partial charge in [-0.3, -0.25) is 9.59 Å². The predicted octanol–water partition coefficient (Wildman–Crippen LogP) is 1.32. The van der Waals surface area contributed by atoms with E-state index in [9.17, 15) is 14.0 Å². The van der Waals surface area contributed by atoms with Crippen LogP contribution < -0.4 is 15.2 Å². The summed E-state index contributed by atoms with van der Waals surface area (Å²) in [5.41, 5.74) is 5.46. The second kappa shape index (κ2) is 8.24. The van der Waals surface area contributed by atoms with Gasteiger partial charge in [0.2, 0.25) is 11.8 Å². The molecule has 0 bridgehead atoms. The monoisotopic (exact) mass is 362 g/mol. The maximum atomic E-state index is 13.1. The third-order valence-corrected chi connectivity index (χ3v) is 3.84. The Hall–Kier alpha value is -3.23. The number of amides is 2. The summed E-state index contributed by atoms with van der Waals surface area (Å²) in [6.45, 7) is 1.42. The SMILES string of the molecule is COc1ccccc1C(C)N(C)C(=O)COc1ncc(F)nc1C(N)=O. The number of primary amides is 1. The van der Waals surface area contributed by atoms with Gasteiger partial charge < -0.3 is 20.1 Å². The van der Waals surface area contributed by atoms with Crippen LogP contribution in [0.3, 0.4) is 0 Å². The largest absolute Gasteiger partial charge is 0.496 e. The number of methoxy groups -OCH3 is 1. The fraction of sp³-hybridized carbons (Fsp3) is 0.294. The van der Waals surface area contributed by atoms with Crippen LogP contribution in [0.15, 0.2) is 30.5 Å². The van der Waals surface area contributed by atoms with Crippen LogP contribution in [0.5, 0.6) is 11.6 Å². The van der Waals surface area contributed by atoms with Crippen LogP contribution in [-0.2, 0) is 4.79 Å². The van der Waals surface area contributed by atoms with E-state index in [0.717, 1.165) is 11.8 Å². The number of nitrogens with zero attached hydrogens (tertiary/aromatic N) is 3. The van der Waals surface area contributed by atoms with Crippen LogP contribution in [0.25, 0.3) is 0 Å². The molecule has 1 heterocycles. The van der Waals surface area contributed by atoms with E-state index >= 15 is 0 Å². The van der Waals surface area contributed by atoms with Crippen molar-refractivity contribution in [3.8, 4) is 11.6 Å². The quantitative estimate of drug-likeness (QED) is 0.796. The van der Waals surface area contributed by atoms with E-state index in [4.69, 9.17) is 15.2 Å². The van der Waals surface area contributed by atoms with Gasteiger partial charge in [-0.15, -0.1) is 0 Å². The summed E-state index contributed by atoms with van der Waals surface area (Å²) < 4.78 is 23.6. The van der Waals surface area contributed by atoms with Crippen molar-refractivity contribution in [1.29, 1.82) is 0 Å². The smallest absolute Gasteiger partial charge is 0.273 e. The molecular weight excluding hydrogens is 343 g/mol. The van der Waals surface area contributed by atoms with Crippen LogP contribution in [0, 0.1) is 5.95 Å². The third kappa shape index (κ3) is 4.24. The van der Waals surface area contributed by atoms with Gasteiger partial charge in [-0.25, -0.2) is 9.97 Å². The van der Waals surface area contributed by atoms with Crippen molar-refractivity contribution in [2.75, 3.05) is 20.8 Å². The molecule has 0 spiro atoms. The maximum Gasteiger partial charge on any atom is 0.273 e. The zero-order valence-electron chi connectivity index (χ0n) is 14.6. The zero-order valence-corrected chi connectivity index (χ0v) is 14.6. The molecule has 0 aliphatic carbocycles. The highest BCUT2D eigenvalue weighted by molar-refractivity contribution is 5.93. The number of carbonyl (C=O) groups excluding carboxylic acids is 2. The average molecular weight is 362 g/mol. The molecule has 1 aromatic heterocycles. The molecule has 0 aliphatic heterocycles. The average Bonchev–Trinajstić information content (AvgIpc) is 2.65. The van der Waals surface area contributed by atoms with Crippen LogP contribution in [0.1, 0.15) is 29.0 Å². The van der Waals surface area contributed by atoms with Crippen molar-refractivity contribution in [2.24, 2.45) is 5.73 Å². The van der Waals surface area contributed by atoms with Crippen LogP contribution in [0.4, 0.5) is 4.39 Å². The first-order valence-corrected chi connectivity index (χ1v) is 7.68. The van der Waals surface area contributed by atoms with Gasteiger partial charge in [0.25, 0.3) is 11.8 Å². The Labute approximate surface area is 149 Å². The van der Waals surface area contributed by atoms with Crippen molar-refractivity contribution < 1.29 is 23.5 Å². The van der Waals surface area contributed by atoms with E-state index in [1.54, 1.807) is 20.2 Å². The Morgan fingerprint density at radius 3 is 2.69 bits per heavy atom. The molecule has 2 rings (SSSR count). The number of likely N-dealkylation sites (N-methyl/N-ethyl adjacent to an activating group) is 1. The Morgan fingerprint density at radius 2 is 2.04 bits per heavy atom. The summed E-state index contributed by atoms with van der Waals surface area (Å²) in [7, 11) is 3.16. The molecule has 0 saturated heterocycles. The standard InChI is InChI=1S/C17H19FN4O4/c1-10(11-6-4-5-7-12(11)25-3)22(2)14(23)9-26-17-15(16(19)24)21-13(18)8-20-17/h4-8,10H,9H2,1-3H3,(H2,19,24). The molecule has 0 fully saturated rings. The van der Waals surface area contributed by atoms with E-state index in [1.165, 1.54) is 4.90 Å². The summed E-state index contributed by atoms with van der Waals surface area (Å²) >= 11 is 0. The Balaban J connectivity index is 2.09. The number of hydrogen-bond acceptors (Lipinski definition) is 6. The van der Waals surface area contributed by atoms with Gasteiger partial charge in [0, 0.05) is 12.6 Å². The molecule has 2 N–H and O–H groups in total. The first kappa shape index (κ1) is 19.1. The van der Waals surface area contributed by atoms with Crippen LogP contribution in [-0.4, -0.2) is 47.4 Å².